The Morgan fingerprint density at radius 1 is 1.04 bits per heavy atom. The van der Waals surface area contributed by atoms with E-state index in [9.17, 15) is 4.79 Å². The predicted octanol–water partition coefficient (Wildman–Crippen LogP) is 3.88. The number of carbonyl (C=O) groups is 1. The fourth-order valence-electron chi connectivity index (χ4n) is 2.32. The molecule has 0 aliphatic rings. The van der Waals surface area contributed by atoms with E-state index >= 15 is 0 Å². The van der Waals surface area contributed by atoms with E-state index in [1.807, 2.05) is 24.3 Å². The summed E-state index contributed by atoms with van der Waals surface area (Å²) in [5.74, 6) is 0.628. The molecule has 140 valence electrons. The molecule has 0 fully saturated rings. The predicted molar refractivity (Wildman–Crippen MR) is 102 cm³/mol. The number of anilines is 1. The highest BCUT2D eigenvalue weighted by molar-refractivity contribution is 9.10. The third-order valence-electron chi connectivity index (χ3n) is 3.58. The van der Waals surface area contributed by atoms with Gasteiger partial charge in [-0.15, -0.1) is 0 Å². The van der Waals surface area contributed by atoms with Crippen LogP contribution in [0.5, 0.6) is 5.75 Å². The molecule has 0 saturated carbocycles. The van der Waals surface area contributed by atoms with E-state index in [4.69, 9.17) is 19.7 Å². The molecule has 0 aromatic heterocycles. The van der Waals surface area contributed by atoms with E-state index in [1.54, 1.807) is 24.3 Å². The lowest BCUT2D eigenvalue weighted by atomic mass is 10.0. The Labute approximate surface area is 160 Å². The van der Waals surface area contributed by atoms with Crippen LogP contribution in [0.25, 0.3) is 0 Å². The van der Waals surface area contributed by atoms with Gasteiger partial charge >= 0.3 is 6.09 Å². The van der Waals surface area contributed by atoms with Crippen LogP contribution < -0.4 is 10.1 Å². The Morgan fingerprint density at radius 2 is 1.73 bits per heavy atom. The maximum absolute atomic E-state index is 12.2. The van der Waals surface area contributed by atoms with Crippen molar-refractivity contribution in [2.45, 2.75) is 18.9 Å². The molecule has 0 unspecified atom stereocenters. The first-order valence-corrected chi connectivity index (χ1v) is 9.09. The van der Waals surface area contributed by atoms with Gasteiger partial charge in [0.15, 0.2) is 0 Å². The molecule has 3 N–H and O–H groups in total. The number of aliphatic hydroxyl groups excluding tert-OH is 2. The van der Waals surface area contributed by atoms with Gasteiger partial charge in [-0.1, -0.05) is 28.1 Å². The van der Waals surface area contributed by atoms with E-state index in [-0.39, 0.29) is 19.8 Å². The van der Waals surface area contributed by atoms with Gasteiger partial charge in [0, 0.05) is 16.8 Å². The Morgan fingerprint density at radius 3 is 2.35 bits per heavy atom. The van der Waals surface area contributed by atoms with Crippen LogP contribution >= 0.6 is 15.9 Å². The van der Waals surface area contributed by atoms with Crippen LogP contribution in [-0.4, -0.2) is 36.1 Å². The van der Waals surface area contributed by atoms with E-state index < -0.39 is 12.2 Å². The second-order valence-electron chi connectivity index (χ2n) is 5.53. The van der Waals surface area contributed by atoms with Crippen molar-refractivity contribution in [3.8, 4) is 5.75 Å². The zero-order valence-corrected chi connectivity index (χ0v) is 15.8. The minimum absolute atomic E-state index is 0.0197. The van der Waals surface area contributed by atoms with Crippen LogP contribution in [0.1, 0.15) is 24.5 Å². The number of nitrogens with one attached hydrogen (secondary N) is 1. The SMILES string of the molecule is O=C(Nc1ccc(Br)cc1)O[C@@H](CCCO)c1ccc(OCCO)cc1. The van der Waals surface area contributed by atoms with Crippen molar-refractivity contribution in [1.82, 2.24) is 0 Å². The lowest BCUT2D eigenvalue weighted by Crippen LogP contribution is -2.18. The van der Waals surface area contributed by atoms with Gasteiger partial charge in [-0.2, -0.15) is 0 Å². The van der Waals surface area contributed by atoms with Crippen LogP contribution in [-0.2, 0) is 4.74 Å². The summed E-state index contributed by atoms with van der Waals surface area (Å²) in [6.45, 7) is 0.186. The van der Waals surface area contributed by atoms with Gasteiger partial charge in [-0.05, 0) is 54.8 Å². The van der Waals surface area contributed by atoms with E-state index in [0.29, 0.717) is 24.3 Å². The van der Waals surface area contributed by atoms with Gasteiger partial charge in [0.2, 0.25) is 0 Å². The Balaban J connectivity index is 2.01. The molecule has 1 atom stereocenters. The molecular weight excluding hydrogens is 402 g/mol. The molecule has 6 nitrogen and oxygen atoms in total. The molecule has 2 aromatic carbocycles. The lowest BCUT2D eigenvalue weighted by molar-refractivity contribution is 0.0994. The van der Waals surface area contributed by atoms with E-state index in [2.05, 4.69) is 21.2 Å². The average Bonchev–Trinajstić information content (AvgIpc) is 2.66. The van der Waals surface area contributed by atoms with Crippen molar-refractivity contribution in [2.24, 2.45) is 0 Å². The summed E-state index contributed by atoms with van der Waals surface area (Å²) in [5, 5.41) is 20.6. The van der Waals surface area contributed by atoms with Gasteiger partial charge < -0.3 is 19.7 Å². The number of ether oxygens (including phenoxy) is 2. The first-order chi connectivity index (χ1) is 12.6. The number of amides is 1. The van der Waals surface area contributed by atoms with Gasteiger partial charge in [0.25, 0.3) is 0 Å². The van der Waals surface area contributed by atoms with Gasteiger partial charge in [-0.3, -0.25) is 5.32 Å². The van der Waals surface area contributed by atoms with Crippen LogP contribution in [0, 0.1) is 0 Å². The zero-order valence-electron chi connectivity index (χ0n) is 14.2. The molecule has 0 aliphatic carbocycles. The number of hydrogen-bond acceptors (Lipinski definition) is 5. The van der Waals surface area contributed by atoms with Crippen LogP contribution in [0.2, 0.25) is 0 Å². The summed E-state index contributed by atoms with van der Waals surface area (Å²) in [6.07, 6.45) is -0.0273. The normalized spacial score (nSPS) is 11.7. The number of aliphatic hydroxyl groups is 2. The van der Waals surface area contributed by atoms with Crippen LogP contribution in [0.3, 0.4) is 0 Å². The van der Waals surface area contributed by atoms with E-state index in [1.165, 1.54) is 0 Å². The van der Waals surface area contributed by atoms with Gasteiger partial charge in [0.05, 0.1) is 6.61 Å². The second kappa shape index (κ2) is 10.8. The van der Waals surface area contributed by atoms with Crippen molar-refractivity contribution in [3.05, 3.63) is 58.6 Å². The summed E-state index contributed by atoms with van der Waals surface area (Å²) >= 11 is 3.34. The van der Waals surface area contributed by atoms with Crippen molar-refractivity contribution in [1.29, 1.82) is 0 Å². The monoisotopic (exact) mass is 423 g/mol. The molecule has 0 spiro atoms. The number of carbonyl (C=O) groups excluding carboxylic acids is 1. The summed E-state index contributed by atoms with van der Waals surface area (Å²) in [6, 6.07) is 14.3. The lowest BCUT2D eigenvalue weighted by Gasteiger charge is -2.19. The largest absolute Gasteiger partial charge is 0.491 e. The molecule has 0 bridgehead atoms. The average molecular weight is 424 g/mol. The molecule has 0 heterocycles. The number of benzene rings is 2. The highest BCUT2D eigenvalue weighted by Gasteiger charge is 2.17. The number of halogens is 1. The minimum atomic E-state index is -0.559. The second-order valence-corrected chi connectivity index (χ2v) is 6.45. The summed E-state index contributed by atoms with van der Waals surface area (Å²) < 4.78 is 11.8. The topological polar surface area (TPSA) is 88.0 Å². The molecule has 0 saturated heterocycles. The third kappa shape index (κ3) is 6.67. The molecule has 7 heteroatoms. The Hall–Kier alpha value is -2.09. The fraction of sp³-hybridized carbons (Fsp3) is 0.316. The van der Waals surface area contributed by atoms with Crippen LogP contribution in [0.4, 0.5) is 10.5 Å². The third-order valence-corrected chi connectivity index (χ3v) is 4.10. The number of hydrogen-bond donors (Lipinski definition) is 3. The minimum Gasteiger partial charge on any atom is -0.491 e. The highest BCUT2D eigenvalue weighted by Crippen LogP contribution is 2.26. The van der Waals surface area contributed by atoms with Crippen molar-refractivity contribution in [2.75, 3.05) is 25.1 Å². The van der Waals surface area contributed by atoms with Crippen molar-refractivity contribution < 1.29 is 24.5 Å². The Kier molecular flexibility index (Phi) is 8.40. The van der Waals surface area contributed by atoms with Crippen LogP contribution in [0.15, 0.2) is 53.0 Å². The molecule has 26 heavy (non-hydrogen) atoms. The summed E-state index contributed by atoms with van der Waals surface area (Å²) in [4.78, 5) is 12.2. The molecule has 2 aromatic rings. The molecule has 0 aliphatic heterocycles. The Bertz CT molecular complexity index is 675. The molecule has 0 radical (unpaired) electrons. The standard InChI is InChI=1S/C19H22BrNO5/c20-15-5-7-16(8-6-15)21-19(24)26-18(2-1-11-22)14-3-9-17(10-4-14)25-13-12-23/h3-10,18,22-23H,1-2,11-13H2,(H,21,24)/t18-/m0/s1. The highest BCUT2D eigenvalue weighted by atomic mass is 79.9. The van der Waals surface area contributed by atoms with Gasteiger partial charge in [0.1, 0.15) is 18.5 Å². The van der Waals surface area contributed by atoms with Crippen molar-refractivity contribution in [3.63, 3.8) is 0 Å². The molecule has 2 rings (SSSR count). The summed E-state index contributed by atoms with van der Waals surface area (Å²) in [7, 11) is 0. The smallest absolute Gasteiger partial charge is 0.412 e. The van der Waals surface area contributed by atoms with Crippen molar-refractivity contribution >= 4 is 27.7 Å². The number of rotatable bonds is 9. The first-order valence-electron chi connectivity index (χ1n) is 8.30. The fourth-order valence-corrected chi connectivity index (χ4v) is 2.59. The quantitative estimate of drug-likeness (QED) is 0.569. The maximum Gasteiger partial charge on any atom is 0.412 e. The van der Waals surface area contributed by atoms with Gasteiger partial charge in [-0.25, -0.2) is 4.79 Å². The maximum atomic E-state index is 12.2. The molecule has 1 amide bonds. The molecular formula is C19H22BrNO5. The summed E-state index contributed by atoms with van der Waals surface area (Å²) in [5.41, 5.74) is 1.44. The first kappa shape index (κ1) is 20.2. The van der Waals surface area contributed by atoms with E-state index in [0.717, 1.165) is 10.0 Å². The zero-order chi connectivity index (χ0) is 18.8.